The summed E-state index contributed by atoms with van der Waals surface area (Å²) in [4.78, 5) is 10.1. The highest BCUT2D eigenvalue weighted by atomic mass is 31.2. The molecule has 0 aliphatic carbocycles. The fraction of sp³-hybridized carbons (Fsp3) is 0.333. The van der Waals surface area contributed by atoms with Gasteiger partial charge in [0, 0.05) is 18.3 Å². The van der Waals surface area contributed by atoms with Crippen molar-refractivity contribution >= 4 is 24.4 Å². The Morgan fingerprint density at radius 2 is 2.12 bits per heavy atom. The van der Waals surface area contributed by atoms with E-state index >= 15 is 0 Å². The second-order valence-electron chi connectivity index (χ2n) is 5.52. The van der Waals surface area contributed by atoms with Crippen LogP contribution in [0.25, 0.3) is 10.9 Å². The van der Waals surface area contributed by atoms with Crippen LogP contribution in [0.5, 0.6) is 11.5 Å². The van der Waals surface area contributed by atoms with Crippen LogP contribution in [-0.4, -0.2) is 21.1 Å². The summed E-state index contributed by atoms with van der Waals surface area (Å²) >= 11 is 0. The minimum Gasteiger partial charge on any atom is -0.502 e. The maximum absolute atomic E-state index is 14.6. The molecule has 3 aliphatic rings. The summed E-state index contributed by atoms with van der Waals surface area (Å²) in [6.07, 6.45) is 0. The van der Waals surface area contributed by atoms with E-state index in [1.54, 1.807) is 6.92 Å². The Labute approximate surface area is 133 Å². The van der Waals surface area contributed by atoms with E-state index in [4.69, 9.17) is 19.3 Å². The van der Waals surface area contributed by atoms with Crippen LogP contribution < -0.4 is 10.3 Å². The van der Waals surface area contributed by atoms with Gasteiger partial charge in [0.2, 0.25) is 17.4 Å². The van der Waals surface area contributed by atoms with Gasteiger partial charge < -0.3 is 19.9 Å². The molecule has 0 unspecified atom stereocenters. The summed E-state index contributed by atoms with van der Waals surface area (Å²) in [7, 11) is -2.63. The maximum Gasteiger partial charge on any atom is 0.536 e. The first-order valence-electron chi connectivity index (χ1n) is 6.75. The molecule has 24 heavy (non-hydrogen) atoms. The number of phosphoric ester groups is 1. The highest BCUT2D eigenvalue weighted by molar-refractivity contribution is 7.50. The molecule has 1 aromatic heterocycles. The summed E-state index contributed by atoms with van der Waals surface area (Å²) in [6.45, 7) is 1.31. The van der Waals surface area contributed by atoms with Crippen molar-refractivity contribution in [2.24, 2.45) is 12.8 Å². The first-order chi connectivity index (χ1) is 11.2. The van der Waals surface area contributed by atoms with Crippen LogP contribution in [-0.2, 0) is 26.4 Å². The fourth-order valence-electron chi connectivity index (χ4n) is 3.23. The average Bonchev–Trinajstić information content (AvgIpc) is 2.74. The molecule has 10 nitrogen and oxygen atoms in total. The molecule has 4 heterocycles. The number of rotatable bonds is 2. The van der Waals surface area contributed by atoms with Crippen molar-refractivity contribution < 1.29 is 32.6 Å². The van der Waals surface area contributed by atoms with E-state index < -0.39 is 41.5 Å². The van der Waals surface area contributed by atoms with Gasteiger partial charge in [-0.05, 0) is 6.92 Å². The summed E-state index contributed by atoms with van der Waals surface area (Å²) in [5, 5.41) is 21.4. The van der Waals surface area contributed by atoms with E-state index in [0.29, 0.717) is 5.69 Å². The summed E-state index contributed by atoms with van der Waals surface area (Å²) in [5.74, 6) is -4.74. The number of hydrogen-bond donors (Lipinski definition) is 2. The van der Waals surface area contributed by atoms with E-state index in [0.717, 1.165) is 0 Å². The molecule has 0 saturated carbocycles. The van der Waals surface area contributed by atoms with Crippen molar-refractivity contribution in [3.8, 4) is 11.5 Å². The molecule has 12 heteroatoms. The van der Waals surface area contributed by atoms with Crippen LogP contribution in [0, 0.1) is 22.9 Å². The van der Waals surface area contributed by atoms with Crippen LogP contribution in [0.15, 0.2) is 0 Å². The zero-order valence-electron chi connectivity index (χ0n) is 12.4. The van der Waals surface area contributed by atoms with Crippen LogP contribution in [0.2, 0.25) is 0 Å². The third-order valence-corrected chi connectivity index (χ3v) is 5.77. The molecule has 2 aromatic rings. The highest BCUT2D eigenvalue weighted by Gasteiger charge is 2.63. The molecule has 3 aliphatic heterocycles. The van der Waals surface area contributed by atoms with Gasteiger partial charge in [-0.25, -0.2) is 13.6 Å². The van der Waals surface area contributed by atoms with Crippen LogP contribution >= 0.6 is 7.82 Å². The van der Waals surface area contributed by atoms with E-state index in [1.165, 1.54) is 11.6 Å². The lowest BCUT2D eigenvalue weighted by Gasteiger charge is -2.44. The Hall–Kier alpha value is -2.20. The molecule has 5 rings (SSSR count). The minimum absolute atomic E-state index is 0.00718. The summed E-state index contributed by atoms with van der Waals surface area (Å²) < 4.78 is 43.9. The maximum atomic E-state index is 14.6. The number of nitrogens with two attached hydrogens (primary N) is 1. The zero-order valence-corrected chi connectivity index (χ0v) is 13.3. The minimum atomic E-state index is -4.16. The van der Waals surface area contributed by atoms with E-state index in [1.807, 2.05) is 0 Å². The van der Waals surface area contributed by atoms with E-state index in [-0.39, 0.29) is 23.0 Å². The number of benzene rings is 1. The van der Waals surface area contributed by atoms with Gasteiger partial charge in [-0.15, -0.1) is 0 Å². The first-order valence-corrected chi connectivity index (χ1v) is 8.21. The molecule has 0 atom stereocenters. The number of nitro groups is 1. The number of phenols is 1. The predicted molar refractivity (Wildman–Crippen MR) is 77.1 cm³/mol. The second-order valence-corrected chi connectivity index (χ2v) is 6.96. The van der Waals surface area contributed by atoms with Gasteiger partial charge in [0.1, 0.15) is 0 Å². The number of aromatic hydroxyl groups is 1. The predicted octanol–water partition coefficient (Wildman–Crippen LogP) is 1.90. The van der Waals surface area contributed by atoms with Gasteiger partial charge in [0.15, 0.2) is 5.75 Å². The van der Waals surface area contributed by atoms with Crippen LogP contribution in [0.4, 0.5) is 10.1 Å². The lowest BCUT2D eigenvalue weighted by atomic mass is 10.00. The highest BCUT2D eigenvalue weighted by Crippen LogP contribution is 2.72. The Balaban J connectivity index is 2.29. The zero-order chi connectivity index (χ0) is 17.6. The molecule has 3 N–H and O–H groups in total. The van der Waals surface area contributed by atoms with Gasteiger partial charge in [-0.2, -0.15) is 4.39 Å². The number of phosphoric acid groups is 1. The Morgan fingerprint density at radius 1 is 1.50 bits per heavy atom. The van der Waals surface area contributed by atoms with Gasteiger partial charge >= 0.3 is 13.5 Å². The molecule has 0 spiro atoms. The Bertz CT molecular complexity index is 991. The van der Waals surface area contributed by atoms with E-state index in [9.17, 15) is 24.2 Å². The molecule has 1 saturated heterocycles. The summed E-state index contributed by atoms with van der Waals surface area (Å²) in [6, 6.07) is 0. The molecule has 1 fully saturated rings. The SMILES string of the molecule is Cc1c2c3c(O)c([N+](=O)[O-])c(F)c(c3n1C)OP1(=O)OC2(CN)O1. The number of nitrogens with zero attached hydrogens (tertiary/aromatic N) is 2. The Kier molecular flexibility index (Phi) is 2.72. The number of aromatic nitrogens is 1. The van der Waals surface area contributed by atoms with Gasteiger partial charge in [-0.1, -0.05) is 0 Å². The van der Waals surface area contributed by atoms with Crippen LogP contribution in [0.1, 0.15) is 11.3 Å². The quantitative estimate of drug-likeness (QED) is 0.471. The van der Waals surface area contributed by atoms with Crippen molar-refractivity contribution in [1.29, 1.82) is 0 Å². The lowest BCUT2D eigenvalue weighted by molar-refractivity contribution is -0.388. The molecule has 0 radical (unpaired) electrons. The van der Waals surface area contributed by atoms with Crippen molar-refractivity contribution in [3.63, 3.8) is 0 Å². The second kappa shape index (κ2) is 4.25. The Morgan fingerprint density at radius 3 is 2.67 bits per heavy atom. The monoisotopic (exact) mass is 359 g/mol. The standard InChI is InChI=1S/C12H11FN3O7P/c1-4-6-5-8(15(4)2)11(7(13)9(10(5)17)16(18)19)21-24(20)22-12(6,3-14)23-24/h17H,3,14H2,1-2H3. The molecule has 0 amide bonds. The number of hydrogen-bond acceptors (Lipinski definition) is 8. The van der Waals surface area contributed by atoms with Crippen molar-refractivity contribution in [3.05, 3.63) is 27.2 Å². The van der Waals surface area contributed by atoms with Crippen molar-refractivity contribution in [1.82, 2.24) is 4.57 Å². The first kappa shape index (κ1) is 15.3. The van der Waals surface area contributed by atoms with Crippen molar-refractivity contribution in [2.45, 2.75) is 12.7 Å². The number of halogens is 1. The van der Waals surface area contributed by atoms with Gasteiger partial charge in [0.25, 0.3) is 0 Å². The molecule has 128 valence electrons. The van der Waals surface area contributed by atoms with Crippen molar-refractivity contribution in [2.75, 3.05) is 6.54 Å². The molecule has 1 aromatic carbocycles. The average molecular weight is 359 g/mol. The van der Waals surface area contributed by atoms with Gasteiger partial charge in [-0.3, -0.25) is 10.1 Å². The molecule has 6 bridgehead atoms. The topological polar surface area (TPSA) is 139 Å². The summed E-state index contributed by atoms with van der Waals surface area (Å²) in [5.41, 5.74) is 5.08. The molecular formula is C12H11FN3O7P. The largest absolute Gasteiger partial charge is 0.536 e. The number of aryl methyl sites for hydroxylation is 1. The van der Waals surface area contributed by atoms with Gasteiger partial charge in [0.05, 0.1) is 22.4 Å². The smallest absolute Gasteiger partial charge is 0.502 e. The number of nitro benzene ring substituents is 1. The third-order valence-electron chi connectivity index (χ3n) is 4.32. The lowest BCUT2D eigenvalue weighted by Crippen LogP contribution is -2.48. The fourth-order valence-corrected chi connectivity index (χ4v) is 4.77. The number of phenolic OH excluding ortho intramolecular Hbond substituents is 1. The van der Waals surface area contributed by atoms with Crippen LogP contribution in [0.3, 0.4) is 0 Å². The molecular weight excluding hydrogens is 348 g/mol. The third kappa shape index (κ3) is 1.52. The normalized spacial score (nSPS) is 27.5. The van der Waals surface area contributed by atoms with E-state index in [2.05, 4.69) is 0 Å².